The molecule has 1 fully saturated rings. The van der Waals surface area contributed by atoms with Crippen molar-refractivity contribution in [3.8, 4) is 5.75 Å². The highest BCUT2D eigenvalue weighted by Crippen LogP contribution is 2.36. The molecule has 0 unspecified atom stereocenters. The molecule has 0 aliphatic carbocycles. The van der Waals surface area contributed by atoms with Gasteiger partial charge in [-0.1, -0.05) is 30.7 Å². The van der Waals surface area contributed by atoms with E-state index in [1.54, 1.807) is 18.4 Å². The Morgan fingerprint density at radius 2 is 2.32 bits per heavy atom. The summed E-state index contributed by atoms with van der Waals surface area (Å²) in [5.74, 6) is 1.06. The number of rotatable bonds is 6. The summed E-state index contributed by atoms with van der Waals surface area (Å²) in [7, 11) is 1.66. The quantitative estimate of drug-likeness (QED) is 0.832. The van der Waals surface area contributed by atoms with E-state index in [4.69, 9.17) is 4.74 Å². The van der Waals surface area contributed by atoms with Gasteiger partial charge in [-0.3, -0.25) is 4.79 Å². The zero-order valence-electron chi connectivity index (χ0n) is 13.0. The smallest absolute Gasteiger partial charge is 0.226 e. The van der Waals surface area contributed by atoms with E-state index < -0.39 is 0 Å². The Hall–Kier alpha value is -1.82. The molecule has 1 N–H and O–H groups in total. The number of ether oxygens (including phenoxy) is 1. The molecule has 0 spiro atoms. The molecule has 0 atom stereocenters. The number of methoxy groups -OCH3 is 1. The molecule has 22 heavy (non-hydrogen) atoms. The van der Waals surface area contributed by atoms with Crippen LogP contribution in [0.3, 0.4) is 0 Å². The molecule has 118 valence electrons. The first-order chi connectivity index (χ1) is 10.7. The summed E-state index contributed by atoms with van der Waals surface area (Å²) in [5.41, 5.74) is 0.904. The second-order valence-corrected chi connectivity index (χ2v) is 6.56. The molecule has 1 aromatic carbocycles. The lowest BCUT2D eigenvalue weighted by Gasteiger charge is -2.37. The normalized spacial score (nSPS) is 14.9. The van der Waals surface area contributed by atoms with E-state index in [9.17, 15) is 4.79 Å². The molecule has 0 bridgehead atoms. The summed E-state index contributed by atoms with van der Waals surface area (Å²) in [4.78, 5) is 18.8. The van der Waals surface area contributed by atoms with Gasteiger partial charge in [0.05, 0.1) is 17.7 Å². The summed E-state index contributed by atoms with van der Waals surface area (Å²) in [6.07, 6.45) is 2.14. The Bertz CT molecular complexity index is 664. The maximum Gasteiger partial charge on any atom is 0.226 e. The number of thiazole rings is 1. The number of nitrogens with zero attached hydrogens (tertiary/aromatic N) is 2. The molecule has 5 nitrogen and oxygen atoms in total. The fourth-order valence-electron chi connectivity index (χ4n) is 2.54. The van der Waals surface area contributed by atoms with Crippen molar-refractivity contribution in [1.82, 2.24) is 10.3 Å². The molecule has 1 aromatic heterocycles. The Balaban J connectivity index is 1.62. The van der Waals surface area contributed by atoms with Gasteiger partial charge in [0.25, 0.3) is 0 Å². The summed E-state index contributed by atoms with van der Waals surface area (Å²) < 4.78 is 6.46. The van der Waals surface area contributed by atoms with Gasteiger partial charge in [-0.25, -0.2) is 4.98 Å². The van der Waals surface area contributed by atoms with Gasteiger partial charge in [-0.05, 0) is 18.6 Å². The van der Waals surface area contributed by atoms with Crippen LogP contribution in [0, 0.1) is 5.92 Å². The number of fused-ring (bicyclic) bond motifs is 1. The second kappa shape index (κ2) is 6.52. The third kappa shape index (κ3) is 2.88. The molecule has 1 aliphatic rings. The highest BCUT2D eigenvalue weighted by molar-refractivity contribution is 7.22. The maximum atomic E-state index is 12.0. The Morgan fingerprint density at radius 3 is 3.05 bits per heavy atom. The van der Waals surface area contributed by atoms with Crippen LogP contribution >= 0.6 is 11.3 Å². The van der Waals surface area contributed by atoms with Gasteiger partial charge in [0.1, 0.15) is 11.3 Å². The predicted molar refractivity (Wildman–Crippen MR) is 89.8 cm³/mol. The van der Waals surface area contributed by atoms with Crippen LogP contribution in [-0.2, 0) is 4.79 Å². The number of aromatic nitrogens is 1. The first-order valence-electron chi connectivity index (χ1n) is 7.69. The monoisotopic (exact) mass is 319 g/mol. The van der Waals surface area contributed by atoms with E-state index in [1.807, 2.05) is 18.2 Å². The lowest BCUT2D eigenvalue weighted by molar-refractivity contribution is -0.125. The van der Waals surface area contributed by atoms with E-state index in [1.165, 1.54) is 0 Å². The third-order valence-electron chi connectivity index (χ3n) is 3.94. The topological polar surface area (TPSA) is 54.5 Å². The Morgan fingerprint density at radius 1 is 1.50 bits per heavy atom. The number of para-hydroxylation sites is 1. The van der Waals surface area contributed by atoms with Crippen molar-refractivity contribution in [3.05, 3.63) is 18.2 Å². The standard InChI is InChI=1S/C16H21N3O2S/c1-3-4-8-17-15(20)11-9-19(10-11)16-18-14-12(21-2)6-5-7-13(14)22-16/h5-7,11H,3-4,8-10H2,1-2H3,(H,17,20). The van der Waals surface area contributed by atoms with Gasteiger partial charge < -0.3 is 15.0 Å². The zero-order chi connectivity index (χ0) is 15.5. The van der Waals surface area contributed by atoms with Crippen LogP contribution in [0.25, 0.3) is 10.2 Å². The molecule has 1 saturated heterocycles. The van der Waals surface area contributed by atoms with Crippen molar-refractivity contribution in [1.29, 1.82) is 0 Å². The average molecular weight is 319 g/mol. The molecule has 0 saturated carbocycles. The van der Waals surface area contributed by atoms with Gasteiger partial charge >= 0.3 is 0 Å². The number of carbonyl (C=O) groups is 1. The minimum absolute atomic E-state index is 0.0887. The highest BCUT2D eigenvalue weighted by Gasteiger charge is 2.34. The van der Waals surface area contributed by atoms with Crippen molar-refractivity contribution in [3.63, 3.8) is 0 Å². The number of benzene rings is 1. The molecule has 1 aliphatic heterocycles. The number of anilines is 1. The second-order valence-electron chi connectivity index (χ2n) is 5.55. The van der Waals surface area contributed by atoms with E-state index in [0.717, 1.165) is 53.6 Å². The third-order valence-corrected chi connectivity index (χ3v) is 5.02. The Kier molecular flexibility index (Phi) is 4.47. The first-order valence-corrected chi connectivity index (χ1v) is 8.50. The van der Waals surface area contributed by atoms with Gasteiger partial charge in [0, 0.05) is 19.6 Å². The SMILES string of the molecule is CCCCNC(=O)C1CN(c2nc3c(OC)cccc3s2)C1. The molecule has 2 aromatic rings. The molecule has 1 amide bonds. The molecule has 6 heteroatoms. The largest absolute Gasteiger partial charge is 0.494 e. The number of unbranched alkanes of at least 4 members (excludes halogenated alkanes) is 1. The summed E-state index contributed by atoms with van der Waals surface area (Å²) >= 11 is 1.65. The van der Waals surface area contributed by atoms with Crippen molar-refractivity contribution < 1.29 is 9.53 Å². The van der Waals surface area contributed by atoms with Crippen LogP contribution in [0.1, 0.15) is 19.8 Å². The minimum Gasteiger partial charge on any atom is -0.494 e. The zero-order valence-corrected chi connectivity index (χ0v) is 13.8. The van der Waals surface area contributed by atoms with Crippen LogP contribution in [-0.4, -0.2) is 37.6 Å². The number of hydrogen-bond acceptors (Lipinski definition) is 5. The summed E-state index contributed by atoms with van der Waals surface area (Å²) in [5, 5.41) is 3.97. The van der Waals surface area contributed by atoms with Crippen LogP contribution in [0.2, 0.25) is 0 Å². The van der Waals surface area contributed by atoms with Crippen molar-refractivity contribution >= 4 is 32.6 Å². The van der Waals surface area contributed by atoms with Crippen LogP contribution in [0.5, 0.6) is 5.75 Å². The minimum atomic E-state index is 0.0887. The molecule has 3 rings (SSSR count). The maximum absolute atomic E-state index is 12.0. The fourth-order valence-corrected chi connectivity index (χ4v) is 3.55. The molecular weight excluding hydrogens is 298 g/mol. The fraction of sp³-hybridized carbons (Fsp3) is 0.500. The van der Waals surface area contributed by atoms with Crippen molar-refractivity contribution in [2.45, 2.75) is 19.8 Å². The van der Waals surface area contributed by atoms with Crippen LogP contribution < -0.4 is 15.0 Å². The molecule has 0 radical (unpaired) electrons. The lowest BCUT2D eigenvalue weighted by Crippen LogP contribution is -2.53. The van der Waals surface area contributed by atoms with Crippen LogP contribution in [0.4, 0.5) is 5.13 Å². The number of amides is 1. The van der Waals surface area contributed by atoms with Gasteiger partial charge in [0.2, 0.25) is 5.91 Å². The van der Waals surface area contributed by atoms with Crippen molar-refractivity contribution in [2.24, 2.45) is 5.92 Å². The average Bonchev–Trinajstić information content (AvgIpc) is 2.89. The van der Waals surface area contributed by atoms with Crippen LogP contribution in [0.15, 0.2) is 18.2 Å². The Labute approximate surface area is 134 Å². The summed E-state index contributed by atoms with van der Waals surface area (Å²) in [6, 6.07) is 5.95. The van der Waals surface area contributed by atoms with E-state index >= 15 is 0 Å². The van der Waals surface area contributed by atoms with E-state index in [-0.39, 0.29) is 11.8 Å². The first kappa shape index (κ1) is 15.1. The van der Waals surface area contributed by atoms with E-state index in [0.29, 0.717) is 0 Å². The highest BCUT2D eigenvalue weighted by atomic mass is 32.1. The van der Waals surface area contributed by atoms with Gasteiger partial charge in [0.15, 0.2) is 5.13 Å². The van der Waals surface area contributed by atoms with Crippen molar-refractivity contribution in [2.75, 3.05) is 31.6 Å². The van der Waals surface area contributed by atoms with Gasteiger partial charge in [-0.2, -0.15) is 0 Å². The number of hydrogen-bond donors (Lipinski definition) is 1. The summed E-state index contributed by atoms with van der Waals surface area (Å²) in [6.45, 7) is 4.41. The predicted octanol–water partition coefficient (Wildman–Crippen LogP) is 2.66. The number of nitrogens with one attached hydrogen (secondary N) is 1. The van der Waals surface area contributed by atoms with Gasteiger partial charge in [-0.15, -0.1) is 0 Å². The lowest BCUT2D eigenvalue weighted by atomic mass is 10.00. The molecule has 2 heterocycles. The molecular formula is C16H21N3O2S. The van der Waals surface area contributed by atoms with E-state index in [2.05, 4.69) is 22.1 Å². The number of carbonyl (C=O) groups excluding carboxylic acids is 1.